The van der Waals surface area contributed by atoms with Crippen molar-refractivity contribution in [3.05, 3.63) is 0 Å². The summed E-state index contributed by atoms with van der Waals surface area (Å²) in [4.78, 5) is 2.88. The third kappa shape index (κ3) is 3.81. The first-order valence-electron chi connectivity index (χ1n) is 10.2. The molecular formula is C20H37BNO. The summed E-state index contributed by atoms with van der Waals surface area (Å²) in [6.07, 6.45) is 11.4. The van der Waals surface area contributed by atoms with E-state index in [2.05, 4.69) is 39.9 Å². The molecule has 0 N–H and O–H groups in total. The van der Waals surface area contributed by atoms with Crippen LogP contribution in [0, 0.1) is 5.92 Å². The molecule has 2 heterocycles. The highest BCUT2D eigenvalue weighted by atomic mass is 16.5. The minimum absolute atomic E-state index is 0.389. The van der Waals surface area contributed by atoms with Gasteiger partial charge in [-0.15, -0.1) is 0 Å². The standard InChI is InChI=1S/C20H37BNO/c1-15(2)21-18-9-7-5-6-8-10-19-17(11-18)12-20(13-23-14-20)22(19)16(3)4/h15-19H,5-14H2,1-4H3. The Morgan fingerprint density at radius 1 is 1.00 bits per heavy atom. The highest BCUT2D eigenvalue weighted by Crippen LogP contribution is 2.49. The lowest BCUT2D eigenvalue weighted by Crippen LogP contribution is -2.62. The molecule has 3 rings (SSSR count). The van der Waals surface area contributed by atoms with Crippen molar-refractivity contribution >= 4 is 7.28 Å². The van der Waals surface area contributed by atoms with Crippen LogP contribution < -0.4 is 0 Å². The van der Waals surface area contributed by atoms with E-state index in [-0.39, 0.29) is 0 Å². The van der Waals surface area contributed by atoms with E-state index in [0.717, 1.165) is 36.8 Å². The van der Waals surface area contributed by atoms with E-state index in [1.165, 1.54) is 51.4 Å². The molecule has 1 saturated carbocycles. The third-order valence-corrected chi connectivity index (χ3v) is 6.48. The maximum Gasteiger partial charge on any atom is 0.117 e. The van der Waals surface area contributed by atoms with Gasteiger partial charge >= 0.3 is 0 Å². The molecule has 2 saturated heterocycles. The highest BCUT2D eigenvalue weighted by Gasteiger charge is 2.56. The van der Waals surface area contributed by atoms with Gasteiger partial charge < -0.3 is 4.74 Å². The van der Waals surface area contributed by atoms with Gasteiger partial charge in [0.25, 0.3) is 0 Å². The lowest BCUT2D eigenvalue weighted by Gasteiger charge is -2.49. The van der Waals surface area contributed by atoms with Crippen LogP contribution in [-0.2, 0) is 4.74 Å². The summed E-state index contributed by atoms with van der Waals surface area (Å²) in [7, 11) is 2.65. The number of hydrogen-bond donors (Lipinski definition) is 0. The van der Waals surface area contributed by atoms with Crippen LogP contribution in [0.5, 0.6) is 0 Å². The average Bonchev–Trinajstić information content (AvgIpc) is 2.77. The molecule has 3 fully saturated rings. The van der Waals surface area contributed by atoms with E-state index in [1.54, 1.807) is 0 Å². The molecule has 2 nitrogen and oxygen atoms in total. The quantitative estimate of drug-likeness (QED) is 0.685. The average molecular weight is 318 g/mol. The summed E-state index contributed by atoms with van der Waals surface area (Å²) >= 11 is 0. The van der Waals surface area contributed by atoms with Crippen LogP contribution in [-0.4, -0.2) is 43.0 Å². The van der Waals surface area contributed by atoms with E-state index < -0.39 is 0 Å². The van der Waals surface area contributed by atoms with Gasteiger partial charge in [-0.2, -0.15) is 0 Å². The Hall–Kier alpha value is -0.0151. The summed E-state index contributed by atoms with van der Waals surface area (Å²) in [5.74, 6) is 2.45. The van der Waals surface area contributed by atoms with E-state index >= 15 is 0 Å². The van der Waals surface area contributed by atoms with Crippen molar-refractivity contribution < 1.29 is 4.74 Å². The van der Waals surface area contributed by atoms with Crippen molar-refractivity contribution in [1.82, 2.24) is 4.90 Å². The van der Waals surface area contributed by atoms with Gasteiger partial charge in [-0.1, -0.05) is 64.0 Å². The van der Waals surface area contributed by atoms with Gasteiger partial charge in [0.2, 0.25) is 0 Å². The topological polar surface area (TPSA) is 12.5 Å². The predicted octanol–water partition coefficient (Wildman–Crippen LogP) is 4.92. The van der Waals surface area contributed by atoms with Gasteiger partial charge in [-0.05, 0) is 32.6 Å². The fourth-order valence-electron chi connectivity index (χ4n) is 5.80. The van der Waals surface area contributed by atoms with E-state index in [1.807, 2.05) is 0 Å². The normalized spacial score (nSPS) is 35.3. The first-order chi connectivity index (χ1) is 11.0. The van der Waals surface area contributed by atoms with Crippen molar-refractivity contribution in [2.24, 2.45) is 5.92 Å². The molecule has 3 unspecified atom stereocenters. The predicted molar refractivity (Wildman–Crippen MR) is 99.3 cm³/mol. The molecule has 1 radical (unpaired) electrons. The molecule has 3 heteroatoms. The Balaban J connectivity index is 1.77. The number of hydrogen-bond acceptors (Lipinski definition) is 2. The third-order valence-electron chi connectivity index (χ3n) is 6.48. The fourth-order valence-corrected chi connectivity index (χ4v) is 5.80. The summed E-state index contributed by atoms with van der Waals surface area (Å²) < 4.78 is 5.70. The molecule has 23 heavy (non-hydrogen) atoms. The Labute approximate surface area is 145 Å². The van der Waals surface area contributed by atoms with Crippen LogP contribution in [0.1, 0.15) is 79.1 Å². The second-order valence-electron chi connectivity index (χ2n) is 9.17. The monoisotopic (exact) mass is 318 g/mol. The van der Waals surface area contributed by atoms with E-state index in [9.17, 15) is 0 Å². The molecule has 1 spiro atoms. The molecule has 3 aliphatic rings. The maximum absolute atomic E-state index is 5.70. The van der Waals surface area contributed by atoms with Crippen molar-refractivity contribution in [2.75, 3.05) is 13.2 Å². The van der Waals surface area contributed by atoms with Gasteiger partial charge in [-0.3, -0.25) is 4.90 Å². The Kier molecular flexibility index (Phi) is 5.79. The van der Waals surface area contributed by atoms with E-state index in [4.69, 9.17) is 4.74 Å². The zero-order valence-corrected chi connectivity index (χ0v) is 15.9. The van der Waals surface area contributed by atoms with Crippen LogP contribution in [0.2, 0.25) is 11.6 Å². The van der Waals surface area contributed by atoms with Crippen LogP contribution in [0.4, 0.5) is 0 Å². The van der Waals surface area contributed by atoms with Crippen LogP contribution in [0.3, 0.4) is 0 Å². The summed E-state index contributed by atoms with van der Waals surface area (Å²) in [6, 6.07) is 1.46. The minimum atomic E-state index is 0.389. The minimum Gasteiger partial charge on any atom is -0.377 e. The first kappa shape index (κ1) is 17.8. The largest absolute Gasteiger partial charge is 0.377 e. The second-order valence-corrected chi connectivity index (χ2v) is 9.17. The van der Waals surface area contributed by atoms with Crippen molar-refractivity contribution in [1.29, 1.82) is 0 Å². The van der Waals surface area contributed by atoms with Crippen molar-refractivity contribution in [2.45, 2.75) is 108 Å². The van der Waals surface area contributed by atoms with Gasteiger partial charge in [0, 0.05) is 12.1 Å². The van der Waals surface area contributed by atoms with Crippen molar-refractivity contribution in [3.8, 4) is 0 Å². The molecule has 0 aromatic heterocycles. The SMILES string of the molecule is CC(C)[B]C1CCCCCCC2C(C1)CC1(COC1)N2C(C)C. The Morgan fingerprint density at radius 3 is 2.26 bits per heavy atom. The summed E-state index contributed by atoms with van der Waals surface area (Å²) in [5, 5.41) is 0. The molecule has 131 valence electrons. The molecular weight excluding hydrogens is 281 g/mol. The van der Waals surface area contributed by atoms with E-state index in [0.29, 0.717) is 11.6 Å². The summed E-state index contributed by atoms with van der Waals surface area (Å²) in [5.41, 5.74) is 0.389. The molecule has 0 aromatic rings. The van der Waals surface area contributed by atoms with Crippen LogP contribution in [0.25, 0.3) is 0 Å². The highest BCUT2D eigenvalue weighted by molar-refractivity contribution is 6.39. The Bertz CT molecular complexity index is 380. The maximum atomic E-state index is 5.70. The van der Waals surface area contributed by atoms with Crippen LogP contribution >= 0.6 is 0 Å². The smallest absolute Gasteiger partial charge is 0.117 e. The van der Waals surface area contributed by atoms with Gasteiger partial charge in [0.15, 0.2) is 0 Å². The molecule has 2 aliphatic heterocycles. The first-order valence-corrected chi connectivity index (χ1v) is 10.2. The number of nitrogens with zero attached hydrogens (tertiary/aromatic N) is 1. The van der Waals surface area contributed by atoms with Crippen molar-refractivity contribution in [3.63, 3.8) is 0 Å². The molecule has 0 amide bonds. The van der Waals surface area contributed by atoms with Crippen LogP contribution in [0.15, 0.2) is 0 Å². The number of ether oxygens (including phenoxy) is 1. The van der Waals surface area contributed by atoms with Gasteiger partial charge in [-0.25, -0.2) is 0 Å². The molecule has 0 aromatic carbocycles. The number of fused-ring (bicyclic) bond motifs is 1. The second kappa shape index (κ2) is 7.48. The lowest BCUT2D eigenvalue weighted by molar-refractivity contribution is -0.141. The number of rotatable bonds is 3. The lowest BCUT2D eigenvalue weighted by atomic mass is 9.52. The zero-order chi connectivity index (χ0) is 16.4. The van der Waals surface area contributed by atoms with Gasteiger partial charge in [0.1, 0.15) is 7.28 Å². The van der Waals surface area contributed by atoms with Gasteiger partial charge in [0.05, 0.1) is 18.8 Å². The Morgan fingerprint density at radius 2 is 1.70 bits per heavy atom. The summed E-state index contributed by atoms with van der Waals surface area (Å²) in [6.45, 7) is 11.5. The fraction of sp³-hybridized carbons (Fsp3) is 1.00. The number of likely N-dealkylation sites (tertiary alicyclic amines) is 1. The molecule has 0 bridgehead atoms. The molecule has 1 aliphatic carbocycles. The molecule has 3 atom stereocenters. The zero-order valence-electron chi connectivity index (χ0n) is 15.9.